The summed E-state index contributed by atoms with van der Waals surface area (Å²) in [5.74, 6) is 0.340. The number of carbonyl (C=O) groups is 2. The molecule has 1 atom stereocenters. The Balaban J connectivity index is 1.37. The molecule has 3 heterocycles. The van der Waals surface area contributed by atoms with Gasteiger partial charge >= 0.3 is 0 Å². The van der Waals surface area contributed by atoms with Crippen LogP contribution in [0.1, 0.15) is 31.2 Å². The van der Waals surface area contributed by atoms with Gasteiger partial charge in [0.25, 0.3) is 0 Å². The minimum absolute atomic E-state index is 0.0163. The van der Waals surface area contributed by atoms with Gasteiger partial charge in [-0.15, -0.1) is 0 Å². The number of rotatable bonds is 3. The van der Waals surface area contributed by atoms with Crippen LogP contribution in [0, 0.1) is 0 Å². The molecule has 0 aliphatic carbocycles. The third kappa shape index (κ3) is 3.35. The van der Waals surface area contributed by atoms with Crippen molar-refractivity contribution in [2.75, 3.05) is 32.7 Å². The van der Waals surface area contributed by atoms with Gasteiger partial charge in [-0.25, -0.2) is 0 Å². The van der Waals surface area contributed by atoms with E-state index in [4.69, 9.17) is 0 Å². The van der Waals surface area contributed by atoms with E-state index < -0.39 is 5.54 Å². The predicted octanol–water partition coefficient (Wildman–Crippen LogP) is 0.732. The minimum atomic E-state index is -0.464. The molecule has 0 aromatic heterocycles. The van der Waals surface area contributed by atoms with Crippen molar-refractivity contribution in [1.29, 1.82) is 0 Å². The Labute approximate surface area is 154 Å². The highest BCUT2D eigenvalue weighted by atomic mass is 16.2. The van der Waals surface area contributed by atoms with Gasteiger partial charge < -0.3 is 15.5 Å². The number of piperazine rings is 1. The van der Waals surface area contributed by atoms with E-state index in [0.717, 1.165) is 32.5 Å². The summed E-state index contributed by atoms with van der Waals surface area (Å²) >= 11 is 0. The van der Waals surface area contributed by atoms with Crippen molar-refractivity contribution in [3.05, 3.63) is 35.9 Å². The van der Waals surface area contributed by atoms with Gasteiger partial charge in [-0.3, -0.25) is 14.5 Å². The van der Waals surface area contributed by atoms with Gasteiger partial charge in [0.15, 0.2) is 0 Å². The molecule has 3 aliphatic heterocycles. The SMILES string of the molecule is O=C([C@@H]1CCCN1Cc1ccccc1)N1CCC2(CC1)NCCNC2=O. The topological polar surface area (TPSA) is 64.7 Å². The molecule has 2 N–H and O–H groups in total. The molecule has 1 aromatic rings. The van der Waals surface area contributed by atoms with Crippen molar-refractivity contribution in [1.82, 2.24) is 20.4 Å². The second-order valence-electron chi connectivity index (χ2n) is 7.70. The Morgan fingerprint density at radius 2 is 1.88 bits per heavy atom. The minimum Gasteiger partial charge on any atom is -0.353 e. The van der Waals surface area contributed by atoms with E-state index >= 15 is 0 Å². The fraction of sp³-hybridized carbons (Fsp3) is 0.600. The average molecular weight is 356 g/mol. The monoisotopic (exact) mass is 356 g/mol. The molecule has 140 valence electrons. The van der Waals surface area contributed by atoms with Gasteiger partial charge in [-0.1, -0.05) is 30.3 Å². The van der Waals surface area contributed by atoms with Gasteiger partial charge in [0.05, 0.1) is 6.04 Å². The molecule has 0 unspecified atom stereocenters. The van der Waals surface area contributed by atoms with Crippen LogP contribution in [0.3, 0.4) is 0 Å². The van der Waals surface area contributed by atoms with Crippen LogP contribution in [0.2, 0.25) is 0 Å². The molecule has 26 heavy (non-hydrogen) atoms. The number of nitrogens with one attached hydrogen (secondary N) is 2. The molecule has 3 fully saturated rings. The Morgan fingerprint density at radius 1 is 1.12 bits per heavy atom. The first-order valence-corrected chi connectivity index (χ1v) is 9.78. The normalized spacial score (nSPS) is 26.1. The van der Waals surface area contributed by atoms with E-state index in [-0.39, 0.29) is 17.9 Å². The lowest BCUT2D eigenvalue weighted by molar-refractivity contribution is -0.141. The van der Waals surface area contributed by atoms with Crippen LogP contribution in [0.4, 0.5) is 0 Å². The molecule has 0 radical (unpaired) electrons. The van der Waals surface area contributed by atoms with Crippen molar-refractivity contribution in [2.45, 2.75) is 43.8 Å². The van der Waals surface area contributed by atoms with Crippen LogP contribution >= 0.6 is 0 Å². The van der Waals surface area contributed by atoms with Crippen molar-refractivity contribution < 1.29 is 9.59 Å². The Hall–Kier alpha value is -1.92. The van der Waals surface area contributed by atoms with Crippen molar-refractivity contribution in [2.24, 2.45) is 0 Å². The van der Waals surface area contributed by atoms with E-state index in [1.807, 2.05) is 11.0 Å². The highest BCUT2D eigenvalue weighted by molar-refractivity contribution is 5.88. The summed E-state index contributed by atoms with van der Waals surface area (Å²) in [6.45, 7) is 4.64. The molecule has 0 bridgehead atoms. The number of hydrogen-bond donors (Lipinski definition) is 2. The fourth-order valence-electron chi connectivity index (χ4n) is 4.56. The number of benzene rings is 1. The molecule has 2 amide bonds. The van der Waals surface area contributed by atoms with Crippen LogP contribution in [0.15, 0.2) is 30.3 Å². The standard InChI is InChI=1S/C20H28N4O2/c25-18(17-7-4-12-24(17)15-16-5-2-1-3-6-16)23-13-8-20(9-14-23)19(26)21-10-11-22-20/h1-3,5-6,17,22H,4,7-15H2,(H,21,26)/t17-/m0/s1. The van der Waals surface area contributed by atoms with Gasteiger partial charge in [0.1, 0.15) is 5.54 Å². The van der Waals surface area contributed by atoms with Crippen molar-refractivity contribution in [3.8, 4) is 0 Å². The summed E-state index contributed by atoms with van der Waals surface area (Å²) < 4.78 is 0. The second-order valence-corrected chi connectivity index (χ2v) is 7.70. The van der Waals surface area contributed by atoms with Crippen LogP contribution in [-0.4, -0.2) is 65.9 Å². The lowest BCUT2D eigenvalue weighted by atomic mass is 9.85. The van der Waals surface area contributed by atoms with Crippen molar-refractivity contribution in [3.63, 3.8) is 0 Å². The van der Waals surface area contributed by atoms with Gasteiger partial charge in [0, 0.05) is 32.7 Å². The molecular weight excluding hydrogens is 328 g/mol. The number of likely N-dealkylation sites (tertiary alicyclic amines) is 2. The zero-order valence-corrected chi connectivity index (χ0v) is 15.2. The zero-order valence-electron chi connectivity index (χ0n) is 15.2. The Bertz CT molecular complexity index is 655. The maximum atomic E-state index is 13.1. The lowest BCUT2D eigenvalue weighted by Crippen LogP contribution is -2.67. The maximum Gasteiger partial charge on any atom is 0.240 e. The summed E-state index contributed by atoms with van der Waals surface area (Å²) in [6, 6.07) is 10.4. The number of nitrogens with zero attached hydrogens (tertiary/aromatic N) is 2. The highest BCUT2D eigenvalue weighted by Crippen LogP contribution is 2.27. The largest absolute Gasteiger partial charge is 0.353 e. The van der Waals surface area contributed by atoms with E-state index in [1.165, 1.54) is 5.56 Å². The molecule has 6 heteroatoms. The first-order chi connectivity index (χ1) is 12.7. The summed E-state index contributed by atoms with van der Waals surface area (Å²) in [7, 11) is 0. The molecule has 3 aliphatic rings. The van der Waals surface area contributed by atoms with Crippen LogP contribution < -0.4 is 10.6 Å². The first kappa shape index (κ1) is 17.5. The molecule has 1 spiro atoms. The van der Waals surface area contributed by atoms with E-state index in [1.54, 1.807) is 0 Å². The molecule has 6 nitrogen and oxygen atoms in total. The predicted molar refractivity (Wildman–Crippen MR) is 99.4 cm³/mol. The van der Waals surface area contributed by atoms with E-state index in [9.17, 15) is 9.59 Å². The summed E-state index contributed by atoms with van der Waals surface area (Å²) in [5, 5.41) is 6.36. The number of amides is 2. The lowest BCUT2D eigenvalue weighted by Gasteiger charge is -2.44. The van der Waals surface area contributed by atoms with Gasteiger partial charge in [-0.05, 0) is 37.8 Å². The highest BCUT2D eigenvalue weighted by Gasteiger charge is 2.44. The quantitative estimate of drug-likeness (QED) is 0.838. The van der Waals surface area contributed by atoms with Crippen LogP contribution in [0.5, 0.6) is 0 Å². The first-order valence-electron chi connectivity index (χ1n) is 9.78. The Morgan fingerprint density at radius 3 is 2.62 bits per heavy atom. The fourth-order valence-corrected chi connectivity index (χ4v) is 4.56. The second kappa shape index (κ2) is 7.37. The van der Waals surface area contributed by atoms with Crippen LogP contribution in [-0.2, 0) is 16.1 Å². The van der Waals surface area contributed by atoms with Gasteiger partial charge in [-0.2, -0.15) is 0 Å². The smallest absolute Gasteiger partial charge is 0.240 e. The molecule has 1 aromatic carbocycles. The Kier molecular flexibility index (Phi) is 4.96. The molecule has 3 saturated heterocycles. The third-order valence-corrected chi connectivity index (χ3v) is 6.11. The van der Waals surface area contributed by atoms with Crippen molar-refractivity contribution >= 4 is 11.8 Å². The summed E-state index contributed by atoms with van der Waals surface area (Å²) in [4.78, 5) is 29.7. The molecular formula is C20H28N4O2. The third-order valence-electron chi connectivity index (χ3n) is 6.11. The van der Waals surface area contributed by atoms with E-state index in [2.05, 4.69) is 39.8 Å². The number of carbonyl (C=O) groups excluding carboxylic acids is 2. The summed E-state index contributed by atoms with van der Waals surface area (Å²) in [5.41, 5.74) is 0.793. The average Bonchev–Trinajstić information content (AvgIpc) is 3.13. The van der Waals surface area contributed by atoms with Gasteiger partial charge in [0.2, 0.25) is 11.8 Å². The van der Waals surface area contributed by atoms with Crippen LogP contribution in [0.25, 0.3) is 0 Å². The number of piperidine rings is 1. The molecule has 0 saturated carbocycles. The maximum absolute atomic E-state index is 13.1. The molecule has 4 rings (SSSR count). The zero-order chi connectivity index (χ0) is 18.0. The number of hydrogen-bond acceptors (Lipinski definition) is 4. The van der Waals surface area contributed by atoms with E-state index in [0.29, 0.717) is 32.5 Å². The summed E-state index contributed by atoms with van der Waals surface area (Å²) in [6.07, 6.45) is 3.42.